The van der Waals surface area contributed by atoms with E-state index >= 15 is 0 Å². The highest BCUT2D eigenvalue weighted by molar-refractivity contribution is 7.88. The summed E-state index contributed by atoms with van der Waals surface area (Å²) in [6.07, 6.45) is 5.32. The van der Waals surface area contributed by atoms with Gasteiger partial charge in [0.1, 0.15) is 0 Å². The molecule has 6 heteroatoms. The summed E-state index contributed by atoms with van der Waals surface area (Å²) in [5.74, 6) is -0.162. The number of aryl methyl sites for hydroxylation is 2. The van der Waals surface area contributed by atoms with E-state index in [-0.39, 0.29) is 11.8 Å². The Morgan fingerprint density at radius 1 is 1.04 bits per heavy atom. The van der Waals surface area contributed by atoms with Gasteiger partial charge >= 0.3 is 0 Å². The van der Waals surface area contributed by atoms with Gasteiger partial charge in [-0.25, -0.2) is 13.1 Å². The van der Waals surface area contributed by atoms with Gasteiger partial charge in [-0.2, -0.15) is 0 Å². The summed E-state index contributed by atoms with van der Waals surface area (Å²) in [4.78, 5) is 0. The molecule has 26 heavy (non-hydrogen) atoms. The Hall–Kier alpha value is -1.07. The zero-order chi connectivity index (χ0) is 18.7. The van der Waals surface area contributed by atoms with Crippen LogP contribution < -0.4 is 4.72 Å². The first kappa shape index (κ1) is 19.7. The number of hydrogen-bond donors (Lipinski definition) is 1. The molecule has 0 heterocycles. The molecule has 0 saturated carbocycles. The second-order valence-electron chi connectivity index (χ2n) is 6.81. The lowest BCUT2D eigenvalue weighted by Crippen LogP contribution is -2.29. The van der Waals surface area contributed by atoms with Gasteiger partial charge in [-0.3, -0.25) is 0 Å². The Bertz CT molecular complexity index is 897. The van der Waals surface area contributed by atoms with E-state index in [0.717, 1.165) is 18.4 Å². The molecule has 1 atom stereocenters. The maximum Gasteiger partial charge on any atom is 0.216 e. The lowest BCUT2D eigenvalue weighted by Gasteiger charge is -2.22. The minimum absolute atomic E-state index is 0.162. The second-order valence-corrected chi connectivity index (χ2v) is 9.41. The predicted octanol–water partition coefficient (Wildman–Crippen LogP) is 5.44. The third-order valence-corrected chi connectivity index (χ3v) is 6.79. The minimum atomic E-state index is -3.53. The van der Waals surface area contributed by atoms with Crippen molar-refractivity contribution >= 4 is 33.2 Å². The lowest BCUT2D eigenvalue weighted by molar-refractivity contribution is 0.548. The predicted molar refractivity (Wildman–Crippen MR) is 108 cm³/mol. The van der Waals surface area contributed by atoms with Crippen LogP contribution in [-0.4, -0.2) is 8.42 Å². The molecule has 3 nitrogen and oxygen atoms in total. The fourth-order valence-corrected chi connectivity index (χ4v) is 5.49. The molecule has 0 bridgehead atoms. The van der Waals surface area contributed by atoms with Gasteiger partial charge in [-0.05, 0) is 66.5 Å². The van der Waals surface area contributed by atoms with Gasteiger partial charge < -0.3 is 0 Å². The quantitative estimate of drug-likeness (QED) is 0.687. The Kier molecular flexibility index (Phi) is 6.29. The molecule has 0 aromatic heterocycles. The van der Waals surface area contributed by atoms with Crippen molar-refractivity contribution in [1.29, 1.82) is 0 Å². The van der Waals surface area contributed by atoms with Crippen molar-refractivity contribution in [2.75, 3.05) is 0 Å². The number of rotatable bonds is 6. The van der Waals surface area contributed by atoms with Crippen LogP contribution in [0.2, 0.25) is 10.0 Å². The second kappa shape index (κ2) is 8.30. The largest absolute Gasteiger partial charge is 0.216 e. The van der Waals surface area contributed by atoms with Gasteiger partial charge in [0, 0.05) is 16.1 Å². The summed E-state index contributed by atoms with van der Waals surface area (Å²) in [6.45, 7) is 1.99. The molecule has 0 fully saturated rings. The van der Waals surface area contributed by atoms with Crippen LogP contribution in [0.1, 0.15) is 54.5 Å². The normalized spacial score (nSPS) is 15.5. The first-order valence-corrected chi connectivity index (χ1v) is 11.3. The first-order valence-electron chi connectivity index (χ1n) is 8.93. The average Bonchev–Trinajstić information content (AvgIpc) is 2.61. The standard InChI is InChI=1S/C20H23Cl2NO2S/c1-2-20(16-8-7-14-5-3-4-6-15(14)11-16)23-26(24,25)13-17-9-10-18(21)12-19(17)22/h7-12,20,23H,2-6,13H2,1H3/t20-/m1/s1. The molecule has 0 radical (unpaired) electrons. The number of fused-ring (bicyclic) bond motifs is 1. The molecule has 0 unspecified atom stereocenters. The number of benzene rings is 2. The van der Waals surface area contributed by atoms with Gasteiger partial charge in [0.15, 0.2) is 0 Å². The molecule has 1 aliphatic rings. The van der Waals surface area contributed by atoms with Crippen molar-refractivity contribution in [3.63, 3.8) is 0 Å². The maximum atomic E-state index is 12.7. The van der Waals surface area contributed by atoms with Crippen LogP contribution in [0.15, 0.2) is 36.4 Å². The van der Waals surface area contributed by atoms with E-state index < -0.39 is 10.0 Å². The zero-order valence-electron chi connectivity index (χ0n) is 14.8. The van der Waals surface area contributed by atoms with Gasteiger partial charge in [0.05, 0.1) is 5.75 Å². The highest BCUT2D eigenvalue weighted by atomic mass is 35.5. The van der Waals surface area contributed by atoms with Crippen LogP contribution in [0.4, 0.5) is 0 Å². The SMILES string of the molecule is CC[C@@H](NS(=O)(=O)Cc1ccc(Cl)cc1Cl)c1ccc2c(c1)CCCC2. The van der Waals surface area contributed by atoms with Crippen molar-refractivity contribution in [1.82, 2.24) is 4.72 Å². The number of halogens is 2. The smallest absolute Gasteiger partial charge is 0.212 e. The highest BCUT2D eigenvalue weighted by Crippen LogP contribution is 2.27. The number of sulfonamides is 1. The van der Waals surface area contributed by atoms with Crippen molar-refractivity contribution in [3.05, 3.63) is 68.7 Å². The fourth-order valence-electron chi connectivity index (χ4n) is 3.46. The van der Waals surface area contributed by atoms with Crippen molar-refractivity contribution in [2.45, 2.75) is 50.8 Å². The Labute approximate surface area is 165 Å². The molecule has 2 aromatic rings. The Balaban J connectivity index is 1.78. The van der Waals surface area contributed by atoms with E-state index in [2.05, 4.69) is 22.9 Å². The van der Waals surface area contributed by atoms with Gasteiger partial charge in [-0.1, -0.05) is 54.4 Å². The molecule has 140 valence electrons. The zero-order valence-corrected chi connectivity index (χ0v) is 17.1. The molecular weight excluding hydrogens is 389 g/mol. The number of hydrogen-bond acceptors (Lipinski definition) is 2. The lowest BCUT2D eigenvalue weighted by atomic mass is 9.89. The van der Waals surface area contributed by atoms with Crippen molar-refractivity contribution < 1.29 is 8.42 Å². The van der Waals surface area contributed by atoms with Gasteiger partial charge in [0.2, 0.25) is 10.0 Å². The van der Waals surface area contributed by atoms with E-state index in [1.165, 1.54) is 24.0 Å². The Morgan fingerprint density at radius 3 is 2.46 bits per heavy atom. The molecular formula is C20H23Cl2NO2S. The first-order chi connectivity index (χ1) is 12.4. The minimum Gasteiger partial charge on any atom is -0.212 e. The highest BCUT2D eigenvalue weighted by Gasteiger charge is 2.21. The molecule has 1 aliphatic carbocycles. The summed E-state index contributed by atoms with van der Waals surface area (Å²) in [7, 11) is -3.53. The van der Waals surface area contributed by atoms with E-state index in [9.17, 15) is 8.42 Å². The van der Waals surface area contributed by atoms with Crippen LogP contribution in [-0.2, 0) is 28.6 Å². The van der Waals surface area contributed by atoms with E-state index in [0.29, 0.717) is 22.0 Å². The van der Waals surface area contributed by atoms with Crippen LogP contribution in [0.3, 0.4) is 0 Å². The molecule has 0 amide bonds. The molecule has 3 rings (SSSR count). The van der Waals surface area contributed by atoms with E-state index in [1.54, 1.807) is 18.2 Å². The monoisotopic (exact) mass is 411 g/mol. The van der Waals surface area contributed by atoms with Crippen LogP contribution in [0.5, 0.6) is 0 Å². The van der Waals surface area contributed by atoms with Crippen LogP contribution in [0.25, 0.3) is 0 Å². The molecule has 0 aliphatic heterocycles. The van der Waals surface area contributed by atoms with Crippen LogP contribution >= 0.6 is 23.2 Å². The maximum absolute atomic E-state index is 12.7. The van der Waals surface area contributed by atoms with Gasteiger partial charge in [0.25, 0.3) is 0 Å². The third kappa shape index (κ3) is 4.80. The average molecular weight is 412 g/mol. The van der Waals surface area contributed by atoms with E-state index in [4.69, 9.17) is 23.2 Å². The topological polar surface area (TPSA) is 46.2 Å². The molecule has 2 aromatic carbocycles. The summed E-state index contributed by atoms with van der Waals surface area (Å²) in [6, 6.07) is 11.0. The third-order valence-electron chi connectivity index (χ3n) is 4.87. The molecule has 0 saturated heterocycles. The summed E-state index contributed by atoms with van der Waals surface area (Å²) >= 11 is 12.0. The molecule has 0 spiro atoms. The van der Waals surface area contributed by atoms with Crippen molar-refractivity contribution in [3.8, 4) is 0 Å². The van der Waals surface area contributed by atoms with Crippen molar-refractivity contribution in [2.24, 2.45) is 0 Å². The Morgan fingerprint density at radius 2 is 1.77 bits per heavy atom. The summed E-state index contributed by atoms with van der Waals surface area (Å²) < 4.78 is 28.2. The van der Waals surface area contributed by atoms with Crippen LogP contribution in [0, 0.1) is 0 Å². The van der Waals surface area contributed by atoms with Gasteiger partial charge in [-0.15, -0.1) is 0 Å². The summed E-state index contributed by atoms with van der Waals surface area (Å²) in [5, 5.41) is 0.856. The summed E-state index contributed by atoms with van der Waals surface area (Å²) in [5.41, 5.74) is 4.32. The fraction of sp³-hybridized carbons (Fsp3) is 0.400. The van der Waals surface area contributed by atoms with E-state index in [1.807, 2.05) is 6.92 Å². The number of nitrogens with one attached hydrogen (secondary N) is 1. The molecule has 1 N–H and O–H groups in total.